The van der Waals surface area contributed by atoms with Gasteiger partial charge in [-0.2, -0.15) is 0 Å². The van der Waals surface area contributed by atoms with E-state index in [0.717, 1.165) is 9.86 Å². The molecule has 0 aliphatic carbocycles. The van der Waals surface area contributed by atoms with E-state index in [1.54, 1.807) is 31.2 Å². The van der Waals surface area contributed by atoms with E-state index >= 15 is 0 Å². The van der Waals surface area contributed by atoms with Crippen molar-refractivity contribution in [1.29, 1.82) is 0 Å². The van der Waals surface area contributed by atoms with Crippen molar-refractivity contribution in [3.63, 3.8) is 0 Å². The van der Waals surface area contributed by atoms with Crippen LogP contribution in [0.1, 0.15) is 23.0 Å². The summed E-state index contributed by atoms with van der Waals surface area (Å²) in [5, 5.41) is 3.63. The highest BCUT2D eigenvalue weighted by Crippen LogP contribution is 2.27. The Bertz CT molecular complexity index is 932. The first-order valence-electron chi connectivity index (χ1n) is 7.81. The van der Waals surface area contributed by atoms with E-state index in [4.69, 9.17) is 9.15 Å². The van der Waals surface area contributed by atoms with Crippen LogP contribution in [0.4, 0.5) is 5.69 Å². The SMILES string of the molecule is CCOC(=O)Cc1ccccc1NC(=O)c1cc2cccc(Br)c2o1. The summed E-state index contributed by atoms with van der Waals surface area (Å²) in [5.41, 5.74) is 1.86. The molecule has 2 aromatic carbocycles. The third-order valence-corrected chi connectivity index (χ3v) is 4.25. The first-order chi connectivity index (χ1) is 12.1. The van der Waals surface area contributed by atoms with E-state index in [1.807, 2.05) is 24.3 Å². The Morgan fingerprint density at radius 2 is 1.96 bits per heavy atom. The number of carbonyl (C=O) groups excluding carboxylic acids is 2. The van der Waals surface area contributed by atoms with Crippen molar-refractivity contribution in [1.82, 2.24) is 0 Å². The number of amides is 1. The second kappa shape index (κ2) is 7.53. The largest absolute Gasteiger partial charge is 0.466 e. The fraction of sp³-hybridized carbons (Fsp3) is 0.158. The van der Waals surface area contributed by atoms with Crippen LogP contribution in [0.3, 0.4) is 0 Å². The summed E-state index contributed by atoms with van der Waals surface area (Å²) in [6.07, 6.45) is 0.0932. The maximum atomic E-state index is 12.5. The number of anilines is 1. The van der Waals surface area contributed by atoms with Gasteiger partial charge in [-0.25, -0.2) is 0 Å². The molecule has 0 unspecified atom stereocenters. The molecule has 0 spiro atoms. The number of fused-ring (bicyclic) bond motifs is 1. The number of carbonyl (C=O) groups is 2. The first-order valence-corrected chi connectivity index (χ1v) is 8.60. The zero-order valence-corrected chi connectivity index (χ0v) is 15.1. The maximum absolute atomic E-state index is 12.5. The van der Waals surface area contributed by atoms with Crippen LogP contribution >= 0.6 is 15.9 Å². The van der Waals surface area contributed by atoms with Crippen molar-refractivity contribution >= 4 is 44.5 Å². The van der Waals surface area contributed by atoms with Gasteiger partial charge in [0.2, 0.25) is 0 Å². The molecule has 6 heteroatoms. The van der Waals surface area contributed by atoms with Crippen LogP contribution in [0.2, 0.25) is 0 Å². The molecule has 25 heavy (non-hydrogen) atoms. The molecule has 0 saturated heterocycles. The van der Waals surface area contributed by atoms with Gasteiger partial charge in [0, 0.05) is 11.1 Å². The molecule has 0 atom stereocenters. The molecule has 0 aliphatic rings. The summed E-state index contributed by atoms with van der Waals surface area (Å²) in [4.78, 5) is 24.2. The molecule has 1 aromatic heterocycles. The zero-order valence-electron chi connectivity index (χ0n) is 13.5. The van der Waals surface area contributed by atoms with Crippen LogP contribution in [0.5, 0.6) is 0 Å². The third kappa shape index (κ3) is 3.91. The van der Waals surface area contributed by atoms with Gasteiger partial charge in [0.25, 0.3) is 5.91 Å². The summed E-state index contributed by atoms with van der Waals surface area (Å²) in [6.45, 7) is 2.08. The summed E-state index contributed by atoms with van der Waals surface area (Å²) in [7, 11) is 0. The Labute approximate surface area is 153 Å². The lowest BCUT2D eigenvalue weighted by atomic mass is 10.1. The second-order valence-electron chi connectivity index (χ2n) is 5.36. The van der Waals surface area contributed by atoms with Crippen molar-refractivity contribution in [2.45, 2.75) is 13.3 Å². The second-order valence-corrected chi connectivity index (χ2v) is 6.22. The number of furan rings is 1. The molecule has 5 nitrogen and oxygen atoms in total. The lowest BCUT2D eigenvalue weighted by molar-refractivity contribution is -0.142. The Morgan fingerprint density at radius 1 is 1.16 bits per heavy atom. The van der Waals surface area contributed by atoms with Crippen molar-refractivity contribution < 1.29 is 18.7 Å². The van der Waals surface area contributed by atoms with E-state index in [2.05, 4.69) is 21.2 Å². The number of halogens is 1. The predicted molar refractivity (Wildman–Crippen MR) is 98.6 cm³/mol. The number of esters is 1. The molecule has 1 N–H and O–H groups in total. The fourth-order valence-corrected chi connectivity index (χ4v) is 2.95. The monoisotopic (exact) mass is 401 g/mol. The maximum Gasteiger partial charge on any atom is 0.310 e. The Balaban J connectivity index is 1.82. The van der Waals surface area contributed by atoms with Gasteiger partial charge in [0.15, 0.2) is 5.76 Å². The molecule has 0 radical (unpaired) electrons. The van der Waals surface area contributed by atoms with Gasteiger partial charge < -0.3 is 14.5 Å². The van der Waals surface area contributed by atoms with Crippen LogP contribution in [-0.4, -0.2) is 18.5 Å². The minimum absolute atomic E-state index is 0.0932. The van der Waals surface area contributed by atoms with Crippen LogP contribution in [0, 0.1) is 0 Å². The van der Waals surface area contributed by atoms with E-state index in [-0.39, 0.29) is 24.1 Å². The predicted octanol–water partition coefficient (Wildman–Crippen LogP) is 4.55. The van der Waals surface area contributed by atoms with E-state index < -0.39 is 0 Å². The first kappa shape index (κ1) is 17.2. The highest BCUT2D eigenvalue weighted by molar-refractivity contribution is 9.10. The van der Waals surface area contributed by atoms with Gasteiger partial charge in [-0.05, 0) is 46.6 Å². The van der Waals surface area contributed by atoms with Gasteiger partial charge in [0.1, 0.15) is 5.58 Å². The quantitative estimate of drug-likeness (QED) is 0.636. The normalized spacial score (nSPS) is 10.6. The minimum atomic E-state index is -0.376. The lowest BCUT2D eigenvalue weighted by Crippen LogP contribution is -2.14. The van der Waals surface area contributed by atoms with E-state index in [9.17, 15) is 9.59 Å². The molecule has 0 saturated carbocycles. The Morgan fingerprint density at radius 3 is 2.72 bits per heavy atom. The third-order valence-electron chi connectivity index (χ3n) is 3.63. The summed E-state index contributed by atoms with van der Waals surface area (Å²) < 4.78 is 11.4. The van der Waals surface area contributed by atoms with Gasteiger partial charge in [-0.15, -0.1) is 0 Å². The zero-order chi connectivity index (χ0) is 17.8. The van der Waals surface area contributed by atoms with Crippen LogP contribution in [-0.2, 0) is 16.0 Å². The lowest BCUT2D eigenvalue weighted by Gasteiger charge is -2.09. The van der Waals surface area contributed by atoms with Crippen LogP contribution < -0.4 is 5.32 Å². The molecule has 3 aromatic rings. The van der Waals surface area contributed by atoms with Crippen LogP contribution in [0.25, 0.3) is 11.0 Å². The number of benzene rings is 2. The number of nitrogens with one attached hydrogen (secondary N) is 1. The number of hydrogen-bond donors (Lipinski definition) is 1. The number of para-hydroxylation sites is 2. The van der Waals surface area contributed by atoms with Gasteiger partial charge in [-0.3, -0.25) is 9.59 Å². The van der Waals surface area contributed by atoms with Crippen molar-refractivity contribution in [2.75, 3.05) is 11.9 Å². The van der Waals surface area contributed by atoms with Gasteiger partial charge in [-0.1, -0.05) is 30.3 Å². The van der Waals surface area contributed by atoms with E-state index in [0.29, 0.717) is 23.4 Å². The Kier molecular flexibility index (Phi) is 5.19. The highest BCUT2D eigenvalue weighted by Gasteiger charge is 2.16. The Hall–Kier alpha value is -2.60. The number of hydrogen-bond acceptors (Lipinski definition) is 4. The van der Waals surface area contributed by atoms with Gasteiger partial charge >= 0.3 is 5.97 Å². The van der Waals surface area contributed by atoms with E-state index in [1.165, 1.54) is 0 Å². The standard InChI is InChI=1S/C19H16BrNO4/c1-2-24-17(22)11-12-6-3-4-9-15(12)21-19(23)16-10-13-7-5-8-14(20)18(13)25-16/h3-10H,2,11H2,1H3,(H,21,23). The average Bonchev–Trinajstić information content (AvgIpc) is 3.03. The van der Waals surface area contributed by atoms with Crippen molar-refractivity contribution in [2.24, 2.45) is 0 Å². The molecule has 0 fully saturated rings. The highest BCUT2D eigenvalue weighted by atomic mass is 79.9. The summed E-state index contributed by atoms with van der Waals surface area (Å²) in [5.74, 6) is -0.510. The van der Waals surface area contributed by atoms with Crippen LogP contribution in [0.15, 0.2) is 57.4 Å². The smallest absolute Gasteiger partial charge is 0.310 e. The van der Waals surface area contributed by atoms with Crippen molar-refractivity contribution in [3.8, 4) is 0 Å². The summed E-state index contributed by atoms with van der Waals surface area (Å²) >= 11 is 3.40. The summed E-state index contributed by atoms with van der Waals surface area (Å²) in [6, 6.07) is 14.4. The molecule has 128 valence electrons. The molecular formula is C19H16BrNO4. The van der Waals surface area contributed by atoms with Gasteiger partial charge in [0.05, 0.1) is 17.5 Å². The molecular weight excluding hydrogens is 386 g/mol. The molecule has 0 aliphatic heterocycles. The molecule has 0 bridgehead atoms. The van der Waals surface area contributed by atoms with Crippen molar-refractivity contribution in [3.05, 3.63) is 64.3 Å². The average molecular weight is 402 g/mol. The fourth-order valence-electron chi connectivity index (χ4n) is 2.49. The minimum Gasteiger partial charge on any atom is -0.466 e. The number of rotatable bonds is 5. The topological polar surface area (TPSA) is 68.5 Å². The number of ether oxygens (including phenoxy) is 1. The molecule has 3 rings (SSSR count). The molecule has 1 amide bonds. The molecule has 1 heterocycles.